The first-order chi connectivity index (χ1) is 6.93. The summed E-state index contributed by atoms with van der Waals surface area (Å²) >= 11 is 5.51. The Morgan fingerprint density at radius 1 is 1.47 bits per heavy atom. The van der Waals surface area contributed by atoms with E-state index in [0.29, 0.717) is 0 Å². The number of anilines is 1. The molecular formula is C7H9ClN4O3. The molecule has 0 saturated carbocycles. The van der Waals surface area contributed by atoms with E-state index in [9.17, 15) is 15.0 Å². The summed E-state index contributed by atoms with van der Waals surface area (Å²) in [5.41, 5.74) is 10.2. The Morgan fingerprint density at radius 2 is 2.07 bits per heavy atom. The van der Waals surface area contributed by atoms with E-state index in [1.807, 2.05) is 0 Å². The fourth-order valence-corrected chi connectivity index (χ4v) is 1.11. The monoisotopic (exact) mass is 232 g/mol. The van der Waals surface area contributed by atoms with Gasteiger partial charge in [-0.05, 0) is 6.07 Å². The number of hydrogen-bond acceptors (Lipinski definition) is 6. The summed E-state index contributed by atoms with van der Waals surface area (Å²) in [7, 11) is 0. The van der Waals surface area contributed by atoms with Crippen molar-refractivity contribution in [3.63, 3.8) is 0 Å². The maximum atomic E-state index is 10.6. The number of nitrogens with two attached hydrogens (primary N) is 2. The molecule has 0 aliphatic heterocycles. The number of aliphatic hydroxyl groups excluding tert-OH is 2. The largest absolute Gasteiger partial charge is 0.385 e. The number of carbonyl (C=O) groups is 1. The van der Waals surface area contributed by atoms with Gasteiger partial charge in [0.1, 0.15) is 6.10 Å². The Kier molecular flexibility index (Phi) is 3.40. The number of nitrogens with zero attached hydrogens (tertiary/aromatic N) is 2. The van der Waals surface area contributed by atoms with E-state index in [0.717, 1.165) is 0 Å². The highest BCUT2D eigenvalue weighted by Gasteiger charge is 2.26. The van der Waals surface area contributed by atoms with Crippen molar-refractivity contribution in [3.8, 4) is 0 Å². The first kappa shape index (κ1) is 11.6. The van der Waals surface area contributed by atoms with Crippen LogP contribution in [0.2, 0.25) is 5.15 Å². The quantitative estimate of drug-likeness (QED) is 0.506. The van der Waals surface area contributed by atoms with Gasteiger partial charge in [-0.2, -0.15) is 0 Å². The van der Waals surface area contributed by atoms with E-state index in [2.05, 4.69) is 10.2 Å². The number of primary amides is 1. The van der Waals surface area contributed by atoms with Crippen LogP contribution in [-0.4, -0.2) is 32.4 Å². The lowest BCUT2D eigenvalue weighted by atomic mass is 10.1. The van der Waals surface area contributed by atoms with E-state index in [4.69, 9.17) is 23.1 Å². The second-order valence-electron chi connectivity index (χ2n) is 2.80. The molecule has 82 valence electrons. The molecule has 7 nitrogen and oxygen atoms in total. The molecule has 2 unspecified atom stereocenters. The predicted molar refractivity (Wildman–Crippen MR) is 51.6 cm³/mol. The lowest BCUT2D eigenvalue weighted by Gasteiger charge is -2.15. The minimum absolute atomic E-state index is 0.00120. The summed E-state index contributed by atoms with van der Waals surface area (Å²) < 4.78 is 0. The van der Waals surface area contributed by atoms with Crippen molar-refractivity contribution in [1.82, 2.24) is 10.2 Å². The third-order valence-corrected chi connectivity index (χ3v) is 1.92. The number of amides is 1. The zero-order valence-electron chi connectivity index (χ0n) is 7.46. The minimum atomic E-state index is -1.77. The van der Waals surface area contributed by atoms with Crippen molar-refractivity contribution in [2.24, 2.45) is 5.73 Å². The molecule has 15 heavy (non-hydrogen) atoms. The van der Waals surface area contributed by atoms with E-state index >= 15 is 0 Å². The Hall–Kier alpha value is -1.44. The van der Waals surface area contributed by atoms with E-state index in [-0.39, 0.29) is 16.5 Å². The first-order valence-corrected chi connectivity index (χ1v) is 4.25. The summed E-state index contributed by atoms with van der Waals surface area (Å²) in [6.07, 6.45) is -3.34. The molecule has 1 aromatic heterocycles. The van der Waals surface area contributed by atoms with Crippen LogP contribution in [0.15, 0.2) is 6.07 Å². The Morgan fingerprint density at radius 3 is 2.60 bits per heavy atom. The molecule has 0 saturated heterocycles. The summed E-state index contributed by atoms with van der Waals surface area (Å²) in [4.78, 5) is 10.6. The molecule has 1 heterocycles. The van der Waals surface area contributed by atoms with Gasteiger partial charge in [0.2, 0.25) is 5.91 Å². The average molecular weight is 233 g/mol. The molecule has 2 atom stereocenters. The minimum Gasteiger partial charge on any atom is -0.385 e. The van der Waals surface area contributed by atoms with Gasteiger partial charge < -0.3 is 21.7 Å². The third kappa shape index (κ3) is 2.52. The lowest BCUT2D eigenvalue weighted by molar-refractivity contribution is -0.131. The summed E-state index contributed by atoms with van der Waals surface area (Å²) in [5.74, 6) is -1.21. The molecule has 1 amide bonds. The highest BCUT2D eigenvalue weighted by molar-refractivity contribution is 6.29. The van der Waals surface area contributed by atoms with Crippen LogP contribution in [0.5, 0.6) is 0 Å². The van der Waals surface area contributed by atoms with Crippen molar-refractivity contribution in [3.05, 3.63) is 16.8 Å². The fourth-order valence-electron chi connectivity index (χ4n) is 0.953. The summed E-state index contributed by atoms with van der Waals surface area (Å²) in [5, 5.41) is 25.5. The van der Waals surface area contributed by atoms with Crippen molar-refractivity contribution >= 4 is 23.3 Å². The molecule has 0 fully saturated rings. The topological polar surface area (TPSA) is 135 Å². The van der Waals surface area contributed by atoms with Crippen LogP contribution in [0.25, 0.3) is 0 Å². The van der Waals surface area contributed by atoms with Crippen LogP contribution >= 0.6 is 11.6 Å². The second-order valence-corrected chi connectivity index (χ2v) is 3.19. The first-order valence-electron chi connectivity index (χ1n) is 3.87. The molecule has 0 spiro atoms. The molecule has 8 heteroatoms. The number of hydrogen-bond donors (Lipinski definition) is 4. The smallest absolute Gasteiger partial charge is 0.249 e. The molecule has 1 rings (SSSR count). The molecule has 0 radical (unpaired) electrons. The zero-order valence-corrected chi connectivity index (χ0v) is 8.22. The Labute approximate surface area is 89.7 Å². The van der Waals surface area contributed by atoms with Crippen LogP contribution in [0.4, 0.5) is 5.82 Å². The zero-order chi connectivity index (χ0) is 11.6. The number of aromatic nitrogens is 2. The van der Waals surface area contributed by atoms with Gasteiger partial charge in [0.25, 0.3) is 0 Å². The average Bonchev–Trinajstić information content (AvgIpc) is 2.19. The van der Waals surface area contributed by atoms with Gasteiger partial charge in [0, 0.05) is 5.56 Å². The number of aliphatic hydroxyl groups is 2. The van der Waals surface area contributed by atoms with E-state index in [1.165, 1.54) is 6.07 Å². The fraction of sp³-hybridized carbons (Fsp3) is 0.286. The van der Waals surface area contributed by atoms with Crippen LogP contribution < -0.4 is 11.5 Å². The van der Waals surface area contributed by atoms with Crippen molar-refractivity contribution in [2.75, 3.05) is 5.73 Å². The molecule has 6 N–H and O–H groups in total. The van der Waals surface area contributed by atoms with Gasteiger partial charge in [0.05, 0.1) is 0 Å². The van der Waals surface area contributed by atoms with Gasteiger partial charge in [-0.25, -0.2) is 0 Å². The number of nitrogen functional groups attached to an aromatic ring is 1. The molecule has 0 bridgehead atoms. The van der Waals surface area contributed by atoms with Gasteiger partial charge >= 0.3 is 0 Å². The van der Waals surface area contributed by atoms with E-state index in [1.54, 1.807) is 0 Å². The molecular weight excluding hydrogens is 224 g/mol. The second kappa shape index (κ2) is 4.39. The number of halogens is 1. The van der Waals surface area contributed by atoms with Gasteiger partial charge in [0.15, 0.2) is 17.1 Å². The third-order valence-electron chi connectivity index (χ3n) is 1.73. The van der Waals surface area contributed by atoms with Crippen LogP contribution in [0.3, 0.4) is 0 Å². The van der Waals surface area contributed by atoms with Crippen molar-refractivity contribution in [2.45, 2.75) is 12.2 Å². The number of rotatable bonds is 3. The normalized spacial score (nSPS) is 14.6. The van der Waals surface area contributed by atoms with Crippen LogP contribution in [0.1, 0.15) is 11.7 Å². The predicted octanol–water partition coefficient (Wildman–Crippen LogP) is -1.41. The molecule has 1 aromatic rings. The summed E-state index contributed by atoms with van der Waals surface area (Å²) in [6, 6.07) is 1.20. The summed E-state index contributed by atoms with van der Waals surface area (Å²) in [6.45, 7) is 0. The SMILES string of the molecule is NC(=O)C(O)C(O)c1cc(Cl)nnc1N. The lowest BCUT2D eigenvalue weighted by Crippen LogP contribution is -2.34. The van der Waals surface area contributed by atoms with Crippen molar-refractivity contribution in [1.29, 1.82) is 0 Å². The standard InChI is InChI=1S/C7H9ClN4O3/c8-3-1-2(6(9)12-11-3)4(13)5(14)7(10)15/h1,4-5,13-14H,(H2,9,12)(H2,10,15). The highest BCUT2D eigenvalue weighted by atomic mass is 35.5. The van der Waals surface area contributed by atoms with Crippen LogP contribution in [0, 0.1) is 0 Å². The molecule has 0 aliphatic carbocycles. The molecule has 0 aliphatic rings. The maximum absolute atomic E-state index is 10.6. The van der Waals surface area contributed by atoms with Crippen molar-refractivity contribution < 1.29 is 15.0 Å². The number of carbonyl (C=O) groups excluding carboxylic acids is 1. The van der Waals surface area contributed by atoms with Gasteiger partial charge in [-0.15, -0.1) is 10.2 Å². The van der Waals surface area contributed by atoms with Crippen LogP contribution in [-0.2, 0) is 4.79 Å². The maximum Gasteiger partial charge on any atom is 0.249 e. The van der Waals surface area contributed by atoms with Gasteiger partial charge in [-0.3, -0.25) is 4.79 Å². The van der Waals surface area contributed by atoms with E-state index < -0.39 is 18.1 Å². The Bertz CT molecular complexity index is 386. The Balaban J connectivity index is 3.04. The highest BCUT2D eigenvalue weighted by Crippen LogP contribution is 2.23. The molecule has 0 aromatic carbocycles. The van der Waals surface area contributed by atoms with Gasteiger partial charge in [-0.1, -0.05) is 11.6 Å².